The van der Waals surface area contributed by atoms with Crippen LogP contribution < -0.4 is 10.4 Å². The first kappa shape index (κ1) is 16.8. The van der Waals surface area contributed by atoms with E-state index in [1.807, 2.05) is 0 Å². The molecule has 1 fully saturated rings. The highest BCUT2D eigenvalue weighted by atomic mass is 35.5. The minimum Gasteiger partial charge on any atom is -0.545 e. The number of nitrogens with zero attached hydrogens (tertiary/aromatic N) is 1. The number of hydrogen-bond acceptors (Lipinski definition) is 5. The van der Waals surface area contributed by atoms with Gasteiger partial charge in [0.05, 0.1) is 11.0 Å². The van der Waals surface area contributed by atoms with Crippen molar-refractivity contribution < 1.29 is 23.9 Å². The Labute approximate surface area is 147 Å². The first-order valence-corrected chi connectivity index (χ1v) is 7.74. The summed E-state index contributed by atoms with van der Waals surface area (Å²) in [4.78, 5) is 35.7. The Morgan fingerprint density at radius 1 is 1.32 bits per heavy atom. The van der Waals surface area contributed by atoms with Crippen molar-refractivity contribution in [3.8, 4) is 11.3 Å². The quantitative estimate of drug-likeness (QED) is 0.663. The highest BCUT2D eigenvalue weighted by molar-refractivity contribution is 6.33. The molecule has 0 aliphatic carbocycles. The highest BCUT2D eigenvalue weighted by Gasteiger charge is 2.32. The molecule has 0 bridgehead atoms. The zero-order valence-electron chi connectivity index (χ0n) is 13.0. The third kappa shape index (κ3) is 3.14. The molecule has 25 heavy (non-hydrogen) atoms. The van der Waals surface area contributed by atoms with Crippen molar-refractivity contribution in [3.63, 3.8) is 0 Å². The number of carbonyl (C=O) groups excluding carboxylic acids is 3. The average Bonchev–Trinajstić information content (AvgIpc) is 3.13. The molecule has 128 valence electrons. The van der Waals surface area contributed by atoms with E-state index in [1.54, 1.807) is 19.1 Å². The number of furan rings is 1. The molecule has 7 nitrogen and oxygen atoms in total. The number of nitrogens with one attached hydrogen (secondary N) is 1. The Kier molecular flexibility index (Phi) is 4.33. The molecule has 0 radical (unpaired) electrons. The van der Waals surface area contributed by atoms with Crippen LogP contribution in [0.2, 0.25) is 5.02 Å². The van der Waals surface area contributed by atoms with Crippen LogP contribution in [-0.2, 0) is 4.79 Å². The van der Waals surface area contributed by atoms with Crippen molar-refractivity contribution >= 4 is 35.6 Å². The van der Waals surface area contributed by atoms with Gasteiger partial charge in [-0.2, -0.15) is 0 Å². The zero-order valence-corrected chi connectivity index (χ0v) is 13.8. The molecular weight excluding hydrogens is 348 g/mol. The van der Waals surface area contributed by atoms with Crippen molar-refractivity contribution in [1.82, 2.24) is 10.2 Å². The summed E-state index contributed by atoms with van der Waals surface area (Å²) < 4.78 is 5.60. The zero-order chi connectivity index (χ0) is 18.1. The molecule has 0 saturated carbocycles. The number of aromatic carboxylic acids is 1. The topological polar surface area (TPSA) is 103 Å². The molecule has 2 heterocycles. The lowest BCUT2D eigenvalue weighted by Crippen LogP contribution is -2.30. The first-order chi connectivity index (χ1) is 11.9. The van der Waals surface area contributed by atoms with Crippen LogP contribution in [0.15, 0.2) is 40.4 Å². The first-order valence-electron chi connectivity index (χ1n) is 7.36. The number of carboxylic acid groups (broad SMARTS) is 1. The normalized spacial score (nSPS) is 15.8. The number of hydrogen-bond donors (Lipinski definition) is 1. The van der Waals surface area contributed by atoms with Crippen molar-refractivity contribution in [1.29, 1.82) is 0 Å². The van der Waals surface area contributed by atoms with Crippen molar-refractivity contribution in [3.05, 3.63) is 52.4 Å². The number of rotatable bonds is 4. The van der Waals surface area contributed by atoms with Crippen LogP contribution in [0.5, 0.6) is 0 Å². The lowest BCUT2D eigenvalue weighted by atomic mass is 10.1. The maximum atomic E-state index is 12.0. The number of imide groups is 1. The second kappa shape index (κ2) is 6.45. The van der Waals surface area contributed by atoms with Gasteiger partial charge in [0.1, 0.15) is 17.2 Å². The smallest absolute Gasteiger partial charge is 0.328 e. The van der Waals surface area contributed by atoms with Gasteiger partial charge in [-0.05, 0) is 36.8 Å². The Balaban J connectivity index is 1.93. The molecule has 2 aromatic rings. The molecule has 8 heteroatoms. The minimum atomic E-state index is -1.33. The molecule has 1 aromatic carbocycles. The van der Waals surface area contributed by atoms with Crippen molar-refractivity contribution in [2.75, 3.05) is 6.54 Å². The van der Waals surface area contributed by atoms with Gasteiger partial charge >= 0.3 is 6.03 Å². The standard InChI is InChI=1S/C17H13ClN2O5/c1-2-20-15(21)13(19-17(20)24)8-10-4-6-14(25-10)11-7-9(16(22)23)3-5-12(11)18/h3-8H,2H2,1H3,(H,19,24)(H,22,23)/p-1/b13-8+. The summed E-state index contributed by atoms with van der Waals surface area (Å²) in [6, 6.07) is 6.79. The Hall–Kier alpha value is -3.06. The maximum absolute atomic E-state index is 12.0. The molecule has 1 aliphatic rings. The third-order valence-corrected chi connectivity index (χ3v) is 3.99. The number of urea groups is 1. The molecule has 0 spiro atoms. The molecule has 3 amide bonds. The summed E-state index contributed by atoms with van der Waals surface area (Å²) in [5.41, 5.74) is 0.444. The van der Waals surface area contributed by atoms with E-state index in [-0.39, 0.29) is 17.8 Å². The fourth-order valence-electron chi connectivity index (χ4n) is 2.42. The van der Waals surface area contributed by atoms with Crippen molar-refractivity contribution in [2.24, 2.45) is 0 Å². The fraction of sp³-hybridized carbons (Fsp3) is 0.118. The Morgan fingerprint density at radius 2 is 2.08 bits per heavy atom. The molecular formula is C17H12ClN2O5-. The van der Waals surface area contributed by atoms with Crippen LogP contribution >= 0.6 is 11.6 Å². The van der Waals surface area contributed by atoms with Crippen LogP contribution in [0.25, 0.3) is 17.4 Å². The predicted molar refractivity (Wildman–Crippen MR) is 87.4 cm³/mol. The SMILES string of the molecule is CCN1C(=O)N/C(=C/c2ccc(-c3cc(C(=O)[O-])ccc3Cl)o2)C1=O. The van der Waals surface area contributed by atoms with Gasteiger partial charge in [0.15, 0.2) is 0 Å². The van der Waals surface area contributed by atoms with E-state index in [9.17, 15) is 19.5 Å². The Morgan fingerprint density at radius 3 is 2.72 bits per heavy atom. The van der Waals surface area contributed by atoms with Gasteiger partial charge in [-0.1, -0.05) is 17.7 Å². The van der Waals surface area contributed by atoms with Gasteiger partial charge in [-0.25, -0.2) is 4.79 Å². The maximum Gasteiger partial charge on any atom is 0.328 e. The summed E-state index contributed by atoms with van der Waals surface area (Å²) in [5.74, 6) is -1.14. The van der Waals surface area contributed by atoms with Gasteiger partial charge in [0.25, 0.3) is 5.91 Å². The fourth-order valence-corrected chi connectivity index (χ4v) is 2.63. The molecule has 1 aromatic heterocycles. The largest absolute Gasteiger partial charge is 0.545 e. The number of likely N-dealkylation sites (N-methyl/N-ethyl adjacent to an activating group) is 1. The lowest BCUT2D eigenvalue weighted by molar-refractivity contribution is -0.255. The molecule has 0 unspecified atom stereocenters. The molecule has 1 saturated heterocycles. The van der Waals surface area contributed by atoms with Gasteiger partial charge in [-0.15, -0.1) is 0 Å². The van der Waals surface area contributed by atoms with Gasteiger partial charge in [-0.3, -0.25) is 9.69 Å². The van der Waals surface area contributed by atoms with E-state index in [4.69, 9.17) is 16.0 Å². The van der Waals surface area contributed by atoms with Crippen LogP contribution in [-0.4, -0.2) is 29.4 Å². The monoisotopic (exact) mass is 359 g/mol. The van der Waals surface area contributed by atoms with E-state index in [1.165, 1.54) is 24.3 Å². The van der Waals surface area contributed by atoms with E-state index in [2.05, 4.69) is 5.32 Å². The van der Waals surface area contributed by atoms with Crippen molar-refractivity contribution in [2.45, 2.75) is 6.92 Å². The predicted octanol–water partition coefficient (Wildman–Crippen LogP) is 1.88. The minimum absolute atomic E-state index is 0.0347. The summed E-state index contributed by atoms with van der Waals surface area (Å²) in [5, 5.41) is 13.8. The lowest BCUT2D eigenvalue weighted by Gasteiger charge is -2.06. The molecule has 3 rings (SSSR count). The summed E-state index contributed by atoms with van der Waals surface area (Å²) in [6.45, 7) is 1.95. The number of amides is 3. The van der Waals surface area contributed by atoms with Gasteiger partial charge in [0.2, 0.25) is 0 Å². The van der Waals surface area contributed by atoms with E-state index < -0.39 is 17.9 Å². The second-order valence-corrected chi connectivity index (χ2v) is 5.63. The Bertz CT molecular complexity index is 916. The molecule has 1 N–H and O–H groups in total. The molecule has 1 aliphatic heterocycles. The second-order valence-electron chi connectivity index (χ2n) is 5.22. The van der Waals surface area contributed by atoms with Gasteiger partial charge < -0.3 is 19.6 Å². The summed E-state index contributed by atoms with van der Waals surface area (Å²) in [7, 11) is 0. The number of halogens is 1. The van der Waals surface area contributed by atoms with Crippen LogP contribution in [0.1, 0.15) is 23.0 Å². The van der Waals surface area contributed by atoms with E-state index in [0.29, 0.717) is 22.1 Å². The molecule has 0 atom stereocenters. The van der Waals surface area contributed by atoms with Gasteiger partial charge in [0, 0.05) is 18.2 Å². The van der Waals surface area contributed by atoms with Crippen LogP contribution in [0.4, 0.5) is 4.79 Å². The number of carboxylic acids is 1. The van der Waals surface area contributed by atoms with Crippen LogP contribution in [0, 0.1) is 0 Å². The average molecular weight is 360 g/mol. The van der Waals surface area contributed by atoms with E-state index in [0.717, 1.165) is 4.90 Å². The third-order valence-electron chi connectivity index (χ3n) is 3.66. The number of carbonyl (C=O) groups is 3. The highest BCUT2D eigenvalue weighted by Crippen LogP contribution is 2.31. The number of benzene rings is 1. The van der Waals surface area contributed by atoms with E-state index >= 15 is 0 Å². The summed E-state index contributed by atoms with van der Waals surface area (Å²) in [6.07, 6.45) is 1.40. The summed E-state index contributed by atoms with van der Waals surface area (Å²) >= 11 is 6.09. The van der Waals surface area contributed by atoms with Crippen LogP contribution in [0.3, 0.4) is 0 Å².